The highest BCUT2D eigenvalue weighted by molar-refractivity contribution is 4.92. The second kappa shape index (κ2) is 4.34. The highest BCUT2D eigenvalue weighted by Crippen LogP contribution is 2.27. The maximum absolute atomic E-state index is 9.43. The standard InChI is InChI=1S/C8H16O5/c9-2-1-4-5(10)3-6(11)8(13)7(4)12/h4-13H,1-3H2/t4-,5+,6+,7-,8-/m1/s1. The Hall–Kier alpha value is -0.200. The fraction of sp³-hybridized carbons (Fsp3) is 1.00. The zero-order valence-corrected chi connectivity index (χ0v) is 7.24. The van der Waals surface area contributed by atoms with E-state index in [1.807, 2.05) is 0 Å². The molecule has 0 aromatic carbocycles. The van der Waals surface area contributed by atoms with Crippen LogP contribution in [0.15, 0.2) is 0 Å². The van der Waals surface area contributed by atoms with Gasteiger partial charge in [-0.15, -0.1) is 0 Å². The molecule has 5 nitrogen and oxygen atoms in total. The molecule has 0 aliphatic heterocycles. The van der Waals surface area contributed by atoms with Crippen LogP contribution in [0.3, 0.4) is 0 Å². The van der Waals surface area contributed by atoms with E-state index in [1.54, 1.807) is 0 Å². The minimum atomic E-state index is -1.22. The van der Waals surface area contributed by atoms with Crippen molar-refractivity contribution in [3.8, 4) is 0 Å². The summed E-state index contributed by atoms with van der Waals surface area (Å²) < 4.78 is 0. The minimum absolute atomic E-state index is 0.0445. The van der Waals surface area contributed by atoms with E-state index in [9.17, 15) is 20.4 Å². The fourth-order valence-electron chi connectivity index (χ4n) is 1.78. The normalized spacial score (nSPS) is 46.4. The Labute approximate surface area is 76.3 Å². The van der Waals surface area contributed by atoms with Crippen LogP contribution in [0.4, 0.5) is 0 Å². The van der Waals surface area contributed by atoms with Crippen molar-refractivity contribution in [2.75, 3.05) is 6.61 Å². The van der Waals surface area contributed by atoms with Gasteiger partial charge in [-0.2, -0.15) is 0 Å². The van der Waals surface area contributed by atoms with Crippen molar-refractivity contribution < 1.29 is 25.5 Å². The molecular weight excluding hydrogens is 176 g/mol. The van der Waals surface area contributed by atoms with Gasteiger partial charge in [0.05, 0.1) is 18.3 Å². The molecule has 0 bridgehead atoms. The molecule has 1 rings (SSSR count). The first-order valence-corrected chi connectivity index (χ1v) is 4.41. The van der Waals surface area contributed by atoms with E-state index in [2.05, 4.69) is 0 Å². The second-order valence-corrected chi connectivity index (χ2v) is 3.53. The van der Waals surface area contributed by atoms with E-state index in [0.29, 0.717) is 0 Å². The van der Waals surface area contributed by atoms with Crippen LogP contribution in [0.2, 0.25) is 0 Å². The van der Waals surface area contributed by atoms with Crippen LogP contribution in [-0.4, -0.2) is 56.6 Å². The summed E-state index contributed by atoms with van der Waals surface area (Å²) >= 11 is 0. The maximum Gasteiger partial charge on any atom is 0.106 e. The fourth-order valence-corrected chi connectivity index (χ4v) is 1.78. The molecule has 78 valence electrons. The lowest BCUT2D eigenvalue weighted by molar-refractivity contribution is -0.152. The molecule has 5 N–H and O–H groups in total. The Balaban J connectivity index is 2.61. The predicted molar refractivity (Wildman–Crippen MR) is 43.8 cm³/mol. The number of aliphatic hydroxyl groups is 5. The van der Waals surface area contributed by atoms with Gasteiger partial charge in [0.25, 0.3) is 0 Å². The maximum atomic E-state index is 9.43. The van der Waals surface area contributed by atoms with Gasteiger partial charge in [0.2, 0.25) is 0 Å². The molecule has 1 saturated carbocycles. The van der Waals surface area contributed by atoms with Crippen molar-refractivity contribution in [3.05, 3.63) is 0 Å². The SMILES string of the molecule is OCC[C@H]1[C@@H](O)[C@H](O)[C@@H](O)C[C@@H]1O. The summed E-state index contributed by atoms with van der Waals surface area (Å²) in [6.07, 6.45) is -4.05. The van der Waals surface area contributed by atoms with Crippen LogP contribution >= 0.6 is 0 Å². The molecule has 0 radical (unpaired) electrons. The highest BCUT2D eigenvalue weighted by atomic mass is 16.4. The summed E-state index contributed by atoms with van der Waals surface area (Å²) in [4.78, 5) is 0. The van der Waals surface area contributed by atoms with Gasteiger partial charge in [0.15, 0.2) is 0 Å². The zero-order chi connectivity index (χ0) is 10.0. The van der Waals surface area contributed by atoms with Crippen LogP contribution in [0.25, 0.3) is 0 Å². The van der Waals surface area contributed by atoms with Crippen LogP contribution in [0.5, 0.6) is 0 Å². The average molecular weight is 192 g/mol. The summed E-state index contributed by atoms with van der Waals surface area (Å²) in [6, 6.07) is 0. The smallest absolute Gasteiger partial charge is 0.106 e. The highest BCUT2D eigenvalue weighted by Gasteiger charge is 2.41. The Morgan fingerprint density at radius 3 is 2.08 bits per heavy atom. The van der Waals surface area contributed by atoms with Gasteiger partial charge in [-0.25, -0.2) is 0 Å². The van der Waals surface area contributed by atoms with Crippen molar-refractivity contribution in [1.82, 2.24) is 0 Å². The molecule has 0 heterocycles. The number of hydrogen-bond donors (Lipinski definition) is 5. The summed E-state index contributed by atoms with van der Waals surface area (Å²) in [5.41, 5.74) is 0. The summed E-state index contributed by atoms with van der Waals surface area (Å²) in [7, 11) is 0. The topological polar surface area (TPSA) is 101 Å². The quantitative estimate of drug-likeness (QED) is 0.343. The molecule has 0 spiro atoms. The second-order valence-electron chi connectivity index (χ2n) is 3.53. The molecule has 0 aromatic heterocycles. The molecule has 0 unspecified atom stereocenters. The Morgan fingerprint density at radius 1 is 0.923 bits per heavy atom. The van der Waals surface area contributed by atoms with Gasteiger partial charge in [0, 0.05) is 18.9 Å². The molecular formula is C8H16O5. The van der Waals surface area contributed by atoms with Crippen LogP contribution in [0, 0.1) is 5.92 Å². The monoisotopic (exact) mass is 192 g/mol. The van der Waals surface area contributed by atoms with E-state index < -0.39 is 30.3 Å². The zero-order valence-electron chi connectivity index (χ0n) is 7.24. The van der Waals surface area contributed by atoms with Crippen molar-refractivity contribution in [2.45, 2.75) is 37.3 Å². The van der Waals surface area contributed by atoms with Gasteiger partial charge >= 0.3 is 0 Å². The van der Waals surface area contributed by atoms with Crippen LogP contribution < -0.4 is 0 Å². The molecule has 1 aliphatic carbocycles. The third kappa shape index (κ3) is 2.18. The lowest BCUT2D eigenvalue weighted by Crippen LogP contribution is -2.52. The first-order valence-electron chi connectivity index (χ1n) is 4.41. The van der Waals surface area contributed by atoms with E-state index in [4.69, 9.17) is 5.11 Å². The number of rotatable bonds is 2. The van der Waals surface area contributed by atoms with Gasteiger partial charge in [-0.1, -0.05) is 0 Å². The van der Waals surface area contributed by atoms with E-state index in [-0.39, 0.29) is 19.4 Å². The lowest BCUT2D eigenvalue weighted by Gasteiger charge is -2.38. The first-order chi connectivity index (χ1) is 6.07. The molecule has 13 heavy (non-hydrogen) atoms. The summed E-state index contributed by atoms with van der Waals surface area (Å²) in [5.74, 6) is -0.552. The van der Waals surface area contributed by atoms with Gasteiger partial charge in [-0.3, -0.25) is 0 Å². The Kier molecular flexibility index (Phi) is 3.63. The van der Waals surface area contributed by atoms with Gasteiger partial charge < -0.3 is 25.5 Å². The largest absolute Gasteiger partial charge is 0.396 e. The van der Waals surface area contributed by atoms with Gasteiger partial charge in [0.1, 0.15) is 6.10 Å². The van der Waals surface area contributed by atoms with Crippen LogP contribution in [0.1, 0.15) is 12.8 Å². The summed E-state index contributed by atoms with van der Waals surface area (Å²) in [5, 5.41) is 45.9. The van der Waals surface area contributed by atoms with Gasteiger partial charge in [-0.05, 0) is 6.42 Å². The predicted octanol–water partition coefficient (Wildman–Crippen LogP) is -2.17. The Bertz CT molecular complexity index is 163. The number of hydrogen-bond acceptors (Lipinski definition) is 5. The molecule has 1 aliphatic rings. The third-order valence-corrected chi connectivity index (χ3v) is 2.62. The van der Waals surface area contributed by atoms with Crippen molar-refractivity contribution in [2.24, 2.45) is 5.92 Å². The minimum Gasteiger partial charge on any atom is -0.396 e. The molecule has 5 atom stereocenters. The molecule has 1 fully saturated rings. The van der Waals surface area contributed by atoms with Crippen molar-refractivity contribution >= 4 is 0 Å². The lowest BCUT2D eigenvalue weighted by atomic mass is 9.79. The third-order valence-electron chi connectivity index (χ3n) is 2.62. The van der Waals surface area contributed by atoms with Crippen molar-refractivity contribution in [3.63, 3.8) is 0 Å². The van der Waals surface area contributed by atoms with Crippen LogP contribution in [-0.2, 0) is 0 Å². The van der Waals surface area contributed by atoms with E-state index in [1.165, 1.54) is 0 Å². The summed E-state index contributed by atoms with van der Waals surface area (Å²) in [6.45, 7) is -0.151. The van der Waals surface area contributed by atoms with E-state index >= 15 is 0 Å². The first kappa shape index (κ1) is 10.9. The molecule has 0 aromatic rings. The molecule has 0 amide bonds. The van der Waals surface area contributed by atoms with E-state index in [0.717, 1.165) is 0 Å². The van der Waals surface area contributed by atoms with Crippen molar-refractivity contribution in [1.29, 1.82) is 0 Å². The Morgan fingerprint density at radius 2 is 1.54 bits per heavy atom. The molecule has 5 heteroatoms. The average Bonchev–Trinajstić information content (AvgIpc) is 2.09. The molecule has 0 saturated heterocycles. The number of aliphatic hydroxyl groups excluding tert-OH is 5.